The molecule has 1 heterocycles. The van der Waals surface area contributed by atoms with Gasteiger partial charge in [-0.05, 0) is 60.1 Å². The molecule has 2 aliphatic carbocycles. The Bertz CT molecular complexity index is 474. The highest BCUT2D eigenvalue weighted by atomic mass is 127. The van der Waals surface area contributed by atoms with E-state index < -0.39 is 0 Å². The van der Waals surface area contributed by atoms with Crippen molar-refractivity contribution in [2.24, 2.45) is 11.8 Å². The molecule has 1 nitrogen and oxygen atoms in total. The predicted octanol–water partition coefficient (Wildman–Crippen LogP) is 4.57. The highest BCUT2D eigenvalue weighted by Gasteiger charge is 2.36. The average molecular weight is 358 g/mol. The first kappa shape index (κ1) is 11.9. The highest BCUT2D eigenvalue weighted by Crippen LogP contribution is 2.51. The van der Waals surface area contributed by atoms with Gasteiger partial charge in [-0.15, -0.1) is 11.3 Å². The minimum Gasteiger partial charge on any atom is -0.297 e. The van der Waals surface area contributed by atoms with Crippen molar-refractivity contribution in [2.45, 2.75) is 25.7 Å². The van der Waals surface area contributed by atoms with Crippen LogP contribution in [-0.2, 0) is 0 Å². The van der Waals surface area contributed by atoms with Gasteiger partial charge in [0.2, 0.25) is 0 Å². The molecule has 0 unspecified atom stereocenters. The molecule has 17 heavy (non-hydrogen) atoms. The third kappa shape index (κ3) is 2.01. The van der Waals surface area contributed by atoms with Gasteiger partial charge in [-0.2, -0.15) is 0 Å². The molecule has 0 radical (unpaired) electrons. The van der Waals surface area contributed by atoms with E-state index in [2.05, 4.69) is 34.0 Å². The fourth-order valence-corrected chi connectivity index (χ4v) is 4.88. The van der Waals surface area contributed by atoms with Crippen molar-refractivity contribution < 1.29 is 4.79 Å². The fourth-order valence-electron chi connectivity index (χ4n) is 3.37. The van der Waals surface area contributed by atoms with Crippen LogP contribution in [0.3, 0.4) is 0 Å². The Hall–Kier alpha value is -0.160. The molecule has 0 saturated heterocycles. The molecule has 3 rings (SSSR count). The molecular weight excluding hydrogens is 343 g/mol. The van der Waals surface area contributed by atoms with Crippen molar-refractivity contribution >= 4 is 45.8 Å². The monoisotopic (exact) mass is 358 g/mol. The van der Waals surface area contributed by atoms with E-state index in [1.165, 1.54) is 35.7 Å². The van der Waals surface area contributed by atoms with E-state index in [-0.39, 0.29) is 0 Å². The molecule has 1 aromatic heterocycles. The van der Waals surface area contributed by atoms with Crippen molar-refractivity contribution in [2.75, 3.05) is 4.43 Å². The number of allylic oxidation sites excluding steroid dienone is 2. The summed E-state index contributed by atoms with van der Waals surface area (Å²) >= 11 is 4.09. The zero-order chi connectivity index (χ0) is 11.8. The van der Waals surface area contributed by atoms with Crippen molar-refractivity contribution in [1.29, 1.82) is 0 Å². The van der Waals surface area contributed by atoms with Crippen LogP contribution in [0.1, 0.15) is 40.9 Å². The fraction of sp³-hybridized carbons (Fsp3) is 0.500. The molecule has 0 aliphatic heterocycles. The number of alkyl halides is 1. The van der Waals surface area contributed by atoms with Gasteiger partial charge in [-0.3, -0.25) is 4.79 Å². The van der Waals surface area contributed by atoms with Gasteiger partial charge in [0, 0.05) is 4.43 Å². The number of thiophene rings is 1. The third-order valence-electron chi connectivity index (χ3n) is 4.05. The number of halogens is 1. The van der Waals surface area contributed by atoms with Crippen molar-refractivity contribution in [3.63, 3.8) is 0 Å². The van der Waals surface area contributed by atoms with Crippen molar-refractivity contribution in [3.05, 3.63) is 27.5 Å². The minimum atomic E-state index is 0.727. The number of rotatable bonds is 3. The van der Waals surface area contributed by atoms with Crippen LogP contribution in [0.5, 0.6) is 0 Å². The molecule has 2 atom stereocenters. The van der Waals surface area contributed by atoms with Crippen LogP contribution in [0, 0.1) is 11.8 Å². The van der Waals surface area contributed by atoms with Gasteiger partial charge in [0.15, 0.2) is 6.29 Å². The number of carbonyl (C=O) groups excluding carboxylic acids is 1. The second-order valence-corrected chi connectivity index (χ2v) is 6.79. The lowest BCUT2D eigenvalue weighted by Gasteiger charge is -2.12. The van der Waals surface area contributed by atoms with Gasteiger partial charge in [0.25, 0.3) is 0 Å². The summed E-state index contributed by atoms with van der Waals surface area (Å²) in [5.74, 6) is 1.58. The third-order valence-corrected chi connectivity index (χ3v) is 5.97. The first-order valence-electron chi connectivity index (χ1n) is 6.16. The highest BCUT2D eigenvalue weighted by molar-refractivity contribution is 14.1. The molecule has 0 spiro atoms. The van der Waals surface area contributed by atoms with Gasteiger partial charge in [-0.25, -0.2) is 0 Å². The van der Waals surface area contributed by atoms with E-state index in [1.54, 1.807) is 22.5 Å². The number of carbonyl (C=O) groups is 1. The van der Waals surface area contributed by atoms with E-state index in [1.807, 2.05) is 0 Å². The molecular formula is C14H15IOS. The number of fused-ring (bicyclic) bond motifs is 1. The van der Waals surface area contributed by atoms with E-state index in [9.17, 15) is 4.79 Å². The lowest BCUT2D eigenvalue weighted by molar-refractivity contribution is 0.112. The topological polar surface area (TPSA) is 17.1 Å². The average Bonchev–Trinajstić information content (AvgIpc) is 3.02. The molecule has 3 heteroatoms. The van der Waals surface area contributed by atoms with Crippen LogP contribution in [0.2, 0.25) is 0 Å². The van der Waals surface area contributed by atoms with Gasteiger partial charge >= 0.3 is 0 Å². The van der Waals surface area contributed by atoms with Gasteiger partial charge < -0.3 is 0 Å². The SMILES string of the molecule is O=Cc1cc(C2=C3CCC[C@H]3C[C@H]2CI)cs1. The second kappa shape index (κ2) is 4.84. The molecule has 2 aliphatic rings. The Morgan fingerprint density at radius 2 is 2.41 bits per heavy atom. The first-order valence-corrected chi connectivity index (χ1v) is 8.57. The van der Waals surface area contributed by atoms with Crippen LogP contribution in [0.4, 0.5) is 0 Å². The largest absolute Gasteiger partial charge is 0.297 e. The van der Waals surface area contributed by atoms with Gasteiger partial charge in [0.1, 0.15) is 0 Å². The summed E-state index contributed by atoms with van der Waals surface area (Å²) in [5.41, 5.74) is 4.63. The Kier molecular flexibility index (Phi) is 3.39. The minimum absolute atomic E-state index is 0.727. The summed E-state index contributed by atoms with van der Waals surface area (Å²) in [5, 5.41) is 2.17. The van der Waals surface area contributed by atoms with E-state index in [4.69, 9.17) is 0 Å². The zero-order valence-electron chi connectivity index (χ0n) is 9.62. The van der Waals surface area contributed by atoms with Gasteiger partial charge in [0.05, 0.1) is 4.88 Å². The van der Waals surface area contributed by atoms with Crippen LogP contribution < -0.4 is 0 Å². The number of hydrogen-bond acceptors (Lipinski definition) is 2. The van der Waals surface area contributed by atoms with Crippen LogP contribution >= 0.6 is 33.9 Å². The molecule has 1 aromatic rings. The zero-order valence-corrected chi connectivity index (χ0v) is 12.6. The Balaban J connectivity index is 2.03. The summed E-state index contributed by atoms with van der Waals surface area (Å²) in [7, 11) is 0. The summed E-state index contributed by atoms with van der Waals surface area (Å²) < 4.78 is 1.21. The molecule has 0 N–H and O–H groups in total. The standard InChI is InChI=1S/C14H15IOS/c15-6-10-4-9-2-1-3-13(9)14(10)11-5-12(7-16)17-8-11/h5,7-10H,1-4,6H2/t9-,10-/m0/s1. The summed E-state index contributed by atoms with van der Waals surface area (Å²) in [6, 6.07) is 2.08. The lowest BCUT2D eigenvalue weighted by Crippen LogP contribution is -2.01. The van der Waals surface area contributed by atoms with E-state index in [0.717, 1.165) is 23.0 Å². The summed E-state index contributed by atoms with van der Waals surface area (Å²) in [4.78, 5) is 11.7. The predicted molar refractivity (Wildman–Crippen MR) is 81.0 cm³/mol. The first-order chi connectivity index (χ1) is 8.33. The lowest BCUT2D eigenvalue weighted by atomic mass is 9.96. The Morgan fingerprint density at radius 1 is 1.53 bits per heavy atom. The quantitative estimate of drug-likeness (QED) is 0.440. The molecule has 90 valence electrons. The maximum absolute atomic E-state index is 10.8. The van der Waals surface area contributed by atoms with Crippen molar-refractivity contribution in [1.82, 2.24) is 0 Å². The maximum Gasteiger partial charge on any atom is 0.160 e. The van der Waals surface area contributed by atoms with E-state index >= 15 is 0 Å². The molecule has 0 bridgehead atoms. The summed E-state index contributed by atoms with van der Waals surface area (Å²) in [6.45, 7) is 0. The number of hydrogen-bond donors (Lipinski definition) is 0. The normalized spacial score (nSPS) is 27.6. The molecule has 1 saturated carbocycles. The molecule has 0 amide bonds. The van der Waals surface area contributed by atoms with Crippen molar-refractivity contribution in [3.8, 4) is 0 Å². The van der Waals surface area contributed by atoms with E-state index in [0.29, 0.717) is 0 Å². The number of aldehydes is 1. The second-order valence-electron chi connectivity index (χ2n) is 4.97. The Morgan fingerprint density at radius 3 is 3.12 bits per heavy atom. The summed E-state index contributed by atoms with van der Waals surface area (Å²) in [6.07, 6.45) is 6.36. The van der Waals surface area contributed by atoms with Crippen LogP contribution in [0.25, 0.3) is 5.57 Å². The van der Waals surface area contributed by atoms with Crippen LogP contribution in [0.15, 0.2) is 17.0 Å². The Labute approximate surface area is 119 Å². The van der Waals surface area contributed by atoms with Crippen LogP contribution in [-0.4, -0.2) is 10.7 Å². The smallest absolute Gasteiger partial charge is 0.160 e. The van der Waals surface area contributed by atoms with Gasteiger partial charge in [-0.1, -0.05) is 28.2 Å². The molecule has 1 fully saturated rings. The molecule has 0 aromatic carbocycles. The maximum atomic E-state index is 10.8.